The van der Waals surface area contributed by atoms with Crippen LogP contribution in [0.5, 0.6) is 0 Å². The molecule has 4 nitrogen and oxygen atoms in total. The summed E-state index contributed by atoms with van der Waals surface area (Å²) >= 11 is 1.92. The highest BCUT2D eigenvalue weighted by molar-refractivity contribution is 7.99. The van der Waals surface area contributed by atoms with Gasteiger partial charge in [0.05, 0.1) is 11.3 Å². The first-order valence-electron chi connectivity index (χ1n) is 6.02. The molecule has 0 aliphatic carbocycles. The fourth-order valence-electron chi connectivity index (χ4n) is 1.90. The quantitative estimate of drug-likeness (QED) is 0.878. The van der Waals surface area contributed by atoms with Crippen molar-refractivity contribution in [2.24, 2.45) is 5.73 Å². The smallest absolute Gasteiger partial charge is 0.239 e. The van der Waals surface area contributed by atoms with Gasteiger partial charge in [-0.3, -0.25) is 0 Å². The van der Waals surface area contributed by atoms with E-state index in [-0.39, 0.29) is 6.04 Å². The molecule has 2 heterocycles. The number of hydrogen-bond acceptors (Lipinski definition) is 5. The Kier molecular flexibility index (Phi) is 4.23. The van der Waals surface area contributed by atoms with Crippen LogP contribution < -0.4 is 5.73 Å². The van der Waals surface area contributed by atoms with Crippen molar-refractivity contribution in [1.29, 1.82) is 0 Å². The van der Waals surface area contributed by atoms with E-state index in [2.05, 4.69) is 17.1 Å². The van der Waals surface area contributed by atoms with Gasteiger partial charge in [0.15, 0.2) is 5.82 Å². The first-order valence-corrected chi connectivity index (χ1v) is 7.06. The van der Waals surface area contributed by atoms with Crippen molar-refractivity contribution in [2.45, 2.75) is 50.3 Å². The molecule has 0 saturated carbocycles. The molecule has 1 aromatic heterocycles. The molecule has 90 valence electrons. The van der Waals surface area contributed by atoms with Crippen LogP contribution in [-0.4, -0.2) is 15.9 Å². The van der Waals surface area contributed by atoms with E-state index in [4.69, 9.17) is 10.3 Å². The molecule has 0 amide bonds. The van der Waals surface area contributed by atoms with Crippen LogP contribution in [0, 0.1) is 0 Å². The molecule has 2 rings (SSSR count). The largest absolute Gasteiger partial charge is 0.338 e. The van der Waals surface area contributed by atoms with Gasteiger partial charge in [0.25, 0.3) is 0 Å². The van der Waals surface area contributed by atoms with E-state index in [1.54, 1.807) is 0 Å². The monoisotopic (exact) mass is 241 g/mol. The number of aromatic nitrogens is 2. The summed E-state index contributed by atoms with van der Waals surface area (Å²) in [6.07, 6.45) is 5.67. The zero-order valence-electron chi connectivity index (χ0n) is 9.69. The summed E-state index contributed by atoms with van der Waals surface area (Å²) in [5.41, 5.74) is 5.96. The third-order valence-electron chi connectivity index (χ3n) is 2.84. The van der Waals surface area contributed by atoms with Crippen LogP contribution >= 0.6 is 11.8 Å². The maximum Gasteiger partial charge on any atom is 0.239 e. The molecule has 0 bridgehead atoms. The SMILES string of the molecule is CCCC(N)c1noc(C2CCCCS2)n1. The normalized spacial score (nSPS) is 23.2. The van der Waals surface area contributed by atoms with Crippen molar-refractivity contribution in [2.75, 3.05) is 5.75 Å². The summed E-state index contributed by atoms with van der Waals surface area (Å²) in [5, 5.41) is 4.38. The predicted molar refractivity (Wildman–Crippen MR) is 65.2 cm³/mol. The Hall–Kier alpha value is -0.550. The summed E-state index contributed by atoms with van der Waals surface area (Å²) in [5.74, 6) is 2.64. The van der Waals surface area contributed by atoms with E-state index in [1.165, 1.54) is 18.6 Å². The van der Waals surface area contributed by atoms with Gasteiger partial charge in [0.1, 0.15) is 0 Å². The molecule has 1 aliphatic heterocycles. The van der Waals surface area contributed by atoms with Gasteiger partial charge in [0.2, 0.25) is 5.89 Å². The summed E-state index contributed by atoms with van der Waals surface area (Å²) in [7, 11) is 0. The second kappa shape index (κ2) is 5.68. The highest BCUT2D eigenvalue weighted by Crippen LogP contribution is 2.37. The lowest BCUT2D eigenvalue weighted by molar-refractivity contribution is 0.361. The molecular weight excluding hydrogens is 222 g/mol. The van der Waals surface area contributed by atoms with Gasteiger partial charge >= 0.3 is 0 Å². The molecule has 2 atom stereocenters. The van der Waals surface area contributed by atoms with Gasteiger partial charge in [-0.15, -0.1) is 11.8 Å². The molecule has 1 fully saturated rings. The van der Waals surface area contributed by atoms with E-state index < -0.39 is 0 Å². The molecule has 0 aromatic carbocycles. The molecule has 0 radical (unpaired) electrons. The van der Waals surface area contributed by atoms with Crippen LogP contribution in [0.3, 0.4) is 0 Å². The summed E-state index contributed by atoms with van der Waals surface area (Å²) < 4.78 is 5.31. The number of hydrogen-bond donors (Lipinski definition) is 1. The van der Waals surface area contributed by atoms with Crippen molar-refractivity contribution >= 4 is 11.8 Å². The Labute approximate surface area is 100 Å². The van der Waals surface area contributed by atoms with Crippen molar-refractivity contribution in [3.8, 4) is 0 Å². The lowest BCUT2D eigenvalue weighted by Gasteiger charge is -2.16. The predicted octanol–water partition coefficient (Wildman–Crippen LogP) is 2.83. The Balaban J connectivity index is 2.00. The maximum atomic E-state index is 5.96. The van der Waals surface area contributed by atoms with Gasteiger partial charge in [-0.25, -0.2) is 0 Å². The van der Waals surface area contributed by atoms with E-state index in [1.807, 2.05) is 11.8 Å². The van der Waals surface area contributed by atoms with E-state index in [9.17, 15) is 0 Å². The van der Waals surface area contributed by atoms with Crippen molar-refractivity contribution < 1.29 is 4.52 Å². The van der Waals surface area contributed by atoms with Crippen LogP contribution in [0.2, 0.25) is 0 Å². The minimum absolute atomic E-state index is 0.0731. The minimum Gasteiger partial charge on any atom is -0.338 e. The van der Waals surface area contributed by atoms with E-state index in [0.29, 0.717) is 11.1 Å². The molecule has 1 saturated heterocycles. The van der Waals surface area contributed by atoms with Crippen molar-refractivity contribution in [3.63, 3.8) is 0 Å². The lowest BCUT2D eigenvalue weighted by Crippen LogP contribution is -2.11. The second-order valence-corrected chi connectivity index (χ2v) is 5.55. The second-order valence-electron chi connectivity index (χ2n) is 4.24. The van der Waals surface area contributed by atoms with E-state index in [0.717, 1.165) is 25.2 Å². The third-order valence-corrected chi connectivity index (χ3v) is 4.21. The summed E-state index contributed by atoms with van der Waals surface area (Å²) in [6, 6.07) is -0.0731. The molecule has 5 heteroatoms. The number of nitrogens with zero attached hydrogens (tertiary/aromatic N) is 2. The fourth-order valence-corrected chi connectivity index (χ4v) is 3.13. The summed E-state index contributed by atoms with van der Waals surface area (Å²) in [4.78, 5) is 4.43. The Bertz CT molecular complexity index is 323. The number of rotatable bonds is 4. The Morgan fingerprint density at radius 1 is 1.56 bits per heavy atom. The van der Waals surface area contributed by atoms with Gasteiger partial charge in [-0.05, 0) is 25.0 Å². The zero-order chi connectivity index (χ0) is 11.4. The van der Waals surface area contributed by atoms with Crippen LogP contribution in [0.25, 0.3) is 0 Å². The van der Waals surface area contributed by atoms with Crippen LogP contribution in [0.4, 0.5) is 0 Å². The third kappa shape index (κ3) is 2.77. The molecule has 2 N–H and O–H groups in total. The molecule has 2 unspecified atom stereocenters. The molecule has 1 aliphatic rings. The number of nitrogens with two attached hydrogens (primary N) is 1. The zero-order valence-corrected chi connectivity index (χ0v) is 10.5. The highest BCUT2D eigenvalue weighted by atomic mass is 32.2. The first kappa shape index (κ1) is 11.9. The van der Waals surface area contributed by atoms with E-state index >= 15 is 0 Å². The van der Waals surface area contributed by atoms with Gasteiger partial charge in [0, 0.05) is 0 Å². The summed E-state index contributed by atoms with van der Waals surface area (Å²) in [6.45, 7) is 2.11. The van der Waals surface area contributed by atoms with Crippen LogP contribution in [0.1, 0.15) is 62.0 Å². The maximum absolute atomic E-state index is 5.96. The first-order chi connectivity index (χ1) is 7.81. The van der Waals surface area contributed by atoms with Gasteiger partial charge < -0.3 is 10.3 Å². The fraction of sp³-hybridized carbons (Fsp3) is 0.818. The minimum atomic E-state index is -0.0731. The molecular formula is C11H19N3OS. The van der Waals surface area contributed by atoms with Gasteiger partial charge in [-0.1, -0.05) is 24.9 Å². The van der Waals surface area contributed by atoms with Crippen molar-refractivity contribution in [1.82, 2.24) is 10.1 Å². The average molecular weight is 241 g/mol. The van der Waals surface area contributed by atoms with Crippen molar-refractivity contribution in [3.05, 3.63) is 11.7 Å². The average Bonchev–Trinajstić information content (AvgIpc) is 2.80. The lowest BCUT2D eigenvalue weighted by atomic mass is 10.1. The molecule has 1 aromatic rings. The van der Waals surface area contributed by atoms with Crippen LogP contribution in [0.15, 0.2) is 4.52 Å². The standard InChI is InChI=1S/C11H19N3OS/c1-2-5-8(12)10-13-11(15-14-10)9-6-3-4-7-16-9/h8-9H,2-7,12H2,1H3. The van der Waals surface area contributed by atoms with Gasteiger partial charge in [-0.2, -0.15) is 4.98 Å². The number of thioether (sulfide) groups is 1. The highest BCUT2D eigenvalue weighted by Gasteiger charge is 2.23. The van der Waals surface area contributed by atoms with Crippen LogP contribution in [-0.2, 0) is 0 Å². The molecule has 0 spiro atoms. The topological polar surface area (TPSA) is 64.9 Å². The Morgan fingerprint density at radius 3 is 3.12 bits per heavy atom. The molecule has 16 heavy (non-hydrogen) atoms. The Morgan fingerprint density at radius 2 is 2.44 bits per heavy atom.